The molecule has 30 heteroatoms. The van der Waals surface area contributed by atoms with Gasteiger partial charge in [0.2, 0.25) is 5.67 Å². The summed E-state index contributed by atoms with van der Waals surface area (Å²) in [6.07, 6.45) is -42.5. The Kier molecular flexibility index (Phi) is 20.3. The summed E-state index contributed by atoms with van der Waals surface area (Å²) in [6, 6.07) is 0. The summed E-state index contributed by atoms with van der Waals surface area (Å²) >= 11 is 0. The fourth-order valence-corrected chi connectivity index (χ4v) is 5.44. The van der Waals surface area contributed by atoms with E-state index in [1.54, 1.807) is 27.7 Å². The van der Waals surface area contributed by atoms with Crippen LogP contribution in [0.2, 0.25) is 0 Å². The Bertz CT molecular complexity index is 1570. The summed E-state index contributed by atoms with van der Waals surface area (Å²) in [5.74, 6) is -12.6. The van der Waals surface area contributed by atoms with Crippen LogP contribution in [0.25, 0.3) is 0 Å². The van der Waals surface area contributed by atoms with Gasteiger partial charge in [-0.05, 0) is 80.6 Å². The molecule has 394 valence electrons. The van der Waals surface area contributed by atoms with Crippen LogP contribution in [-0.2, 0) is 28.4 Å². The number of halogens is 20. The van der Waals surface area contributed by atoms with E-state index in [1.165, 1.54) is 0 Å². The predicted molar refractivity (Wildman–Crippen MR) is 188 cm³/mol. The lowest BCUT2D eigenvalue weighted by atomic mass is 9.83. The molecule has 0 aromatic rings. The number of hydrogen-bond donors (Lipinski definition) is 2. The van der Waals surface area contributed by atoms with Crippen molar-refractivity contribution in [3.8, 4) is 0 Å². The van der Waals surface area contributed by atoms with Gasteiger partial charge in [0.05, 0.1) is 23.4 Å². The van der Waals surface area contributed by atoms with Crippen molar-refractivity contribution < 1.29 is 126 Å². The van der Waals surface area contributed by atoms with Crippen molar-refractivity contribution in [1.29, 1.82) is 0 Å². The number of carbonyl (C=O) groups excluding carboxylic acids is 2. The molecule has 2 N–H and O–H groups in total. The molecule has 0 saturated carbocycles. The minimum atomic E-state index is -7.43. The standard InChI is InChI=1S/C36H52F20N2O8/c1-20(2)28(37,32(44,45)46)19-62-23(60)57-14-11-13-24(3,4)64-18-25(5,6)63-16-12-15-58-22(59)61-17-21(29(38,39)40)26(7,8)65-35(53,54)30(41,33(47,48)49)27(9,10)66-36(55,56)31(42,43)34(50,51)52/h20-21H,11-19H2,1-10H3,(H,57,60)(H,58,59). The molecular formula is C36H52F20N2O8. The Morgan fingerprint density at radius 1 is 0.530 bits per heavy atom. The molecule has 3 unspecified atom stereocenters. The summed E-state index contributed by atoms with van der Waals surface area (Å²) in [5.41, 5.74) is -21.7. The van der Waals surface area contributed by atoms with Gasteiger partial charge in [0.25, 0.3) is 0 Å². The number of carbonyl (C=O) groups is 2. The Labute approximate surface area is 365 Å². The van der Waals surface area contributed by atoms with E-state index in [2.05, 4.69) is 24.3 Å². The third kappa shape index (κ3) is 16.3. The van der Waals surface area contributed by atoms with Gasteiger partial charge >= 0.3 is 60.7 Å². The molecule has 0 rings (SSSR count). The van der Waals surface area contributed by atoms with Crippen LogP contribution in [0.15, 0.2) is 0 Å². The molecule has 2 amide bonds. The maximum atomic E-state index is 15.6. The van der Waals surface area contributed by atoms with Gasteiger partial charge < -0.3 is 39.1 Å². The number of amides is 2. The summed E-state index contributed by atoms with van der Waals surface area (Å²) in [7, 11) is 0. The van der Waals surface area contributed by atoms with Gasteiger partial charge in [-0.25, -0.2) is 18.4 Å². The van der Waals surface area contributed by atoms with Crippen LogP contribution >= 0.6 is 0 Å². The maximum absolute atomic E-state index is 15.6. The molecule has 3 atom stereocenters. The van der Waals surface area contributed by atoms with Crippen molar-refractivity contribution in [2.45, 2.75) is 165 Å². The van der Waals surface area contributed by atoms with Crippen LogP contribution in [0.5, 0.6) is 0 Å². The van der Waals surface area contributed by atoms with E-state index >= 15 is 13.2 Å². The van der Waals surface area contributed by atoms with E-state index in [1.807, 2.05) is 5.32 Å². The van der Waals surface area contributed by atoms with E-state index in [0.29, 0.717) is 0 Å². The summed E-state index contributed by atoms with van der Waals surface area (Å²) in [5, 5.41) is 4.12. The van der Waals surface area contributed by atoms with Gasteiger partial charge in [-0.2, -0.15) is 79.0 Å². The molecule has 66 heavy (non-hydrogen) atoms. The SMILES string of the molecule is CC(C)C(F)(COC(=O)NCCCC(C)(C)OCC(C)(C)OCCCNC(=O)OCC(C(F)(F)F)C(C)(C)OC(F)(F)C(F)(C(F)(F)F)C(C)(C)OC(F)(F)C(F)(F)C(F)(F)F)C(F)(F)F. The van der Waals surface area contributed by atoms with Gasteiger partial charge in [0, 0.05) is 19.7 Å². The Balaban J connectivity index is 5.41. The summed E-state index contributed by atoms with van der Waals surface area (Å²) < 4.78 is 302. The van der Waals surface area contributed by atoms with Crippen LogP contribution in [0, 0.1) is 11.8 Å². The molecule has 0 spiro atoms. The molecule has 0 aliphatic heterocycles. The smallest absolute Gasteiger partial charge is 0.449 e. The van der Waals surface area contributed by atoms with Gasteiger partial charge in [-0.3, -0.25) is 0 Å². The zero-order valence-corrected chi connectivity index (χ0v) is 36.8. The zero-order chi connectivity index (χ0) is 52.8. The summed E-state index contributed by atoms with van der Waals surface area (Å²) in [4.78, 5) is 24.0. The van der Waals surface area contributed by atoms with Crippen LogP contribution in [0.4, 0.5) is 97.4 Å². The topological polar surface area (TPSA) is 114 Å². The molecule has 0 aliphatic carbocycles. The van der Waals surface area contributed by atoms with Crippen molar-refractivity contribution in [3.63, 3.8) is 0 Å². The lowest BCUT2D eigenvalue weighted by molar-refractivity contribution is -0.487. The molecule has 0 aromatic heterocycles. The maximum Gasteiger partial charge on any atom is 0.462 e. The van der Waals surface area contributed by atoms with Crippen molar-refractivity contribution >= 4 is 12.2 Å². The molecule has 0 saturated heterocycles. The van der Waals surface area contributed by atoms with Crippen molar-refractivity contribution in [1.82, 2.24) is 10.6 Å². The lowest BCUT2D eigenvalue weighted by Gasteiger charge is -2.48. The molecule has 0 aromatic carbocycles. The zero-order valence-electron chi connectivity index (χ0n) is 36.8. The third-order valence-electron chi connectivity index (χ3n) is 9.65. The Hall–Kier alpha value is -3.02. The molecule has 0 fully saturated rings. The Morgan fingerprint density at radius 2 is 1.00 bits per heavy atom. The normalized spacial score (nSPS) is 17.0. The summed E-state index contributed by atoms with van der Waals surface area (Å²) in [6.45, 7) is 2.22. The van der Waals surface area contributed by atoms with Crippen LogP contribution < -0.4 is 10.6 Å². The van der Waals surface area contributed by atoms with E-state index < -0.39 is 134 Å². The van der Waals surface area contributed by atoms with Gasteiger partial charge in [0.15, 0.2) is 0 Å². The van der Waals surface area contributed by atoms with Crippen LogP contribution in [-0.4, -0.2) is 128 Å². The van der Waals surface area contributed by atoms with E-state index in [4.69, 9.17) is 9.47 Å². The van der Waals surface area contributed by atoms with Crippen molar-refractivity contribution in [2.24, 2.45) is 11.8 Å². The average Bonchev–Trinajstić information content (AvgIpc) is 3.07. The molecule has 10 nitrogen and oxygen atoms in total. The number of alkyl halides is 20. The van der Waals surface area contributed by atoms with E-state index in [9.17, 15) is 84.2 Å². The first-order valence-electron chi connectivity index (χ1n) is 19.2. The average molecular weight is 1020 g/mol. The quantitative estimate of drug-likeness (QED) is 0.0687. The van der Waals surface area contributed by atoms with Crippen molar-refractivity contribution in [3.05, 3.63) is 0 Å². The second kappa shape index (κ2) is 21.3. The second-order valence-electron chi connectivity index (χ2n) is 17.3. The minimum absolute atomic E-state index is 0.0584. The number of alkyl carbamates (subject to hydrolysis) is 2. The highest BCUT2D eigenvalue weighted by molar-refractivity contribution is 5.67. The first-order chi connectivity index (χ1) is 28.9. The predicted octanol–water partition coefficient (Wildman–Crippen LogP) is 11.5. The van der Waals surface area contributed by atoms with Gasteiger partial charge in [-0.1, -0.05) is 13.8 Å². The van der Waals surface area contributed by atoms with E-state index in [0.717, 1.165) is 13.8 Å². The number of nitrogens with one attached hydrogen (secondary N) is 2. The largest absolute Gasteiger partial charge is 0.462 e. The van der Waals surface area contributed by atoms with E-state index in [-0.39, 0.29) is 52.9 Å². The van der Waals surface area contributed by atoms with Crippen molar-refractivity contribution in [2.75, 3.05) is 39.5 Å². The molecule has 0 aliphatic rings. The van der Waals surface area contributed by atoms with Gasteiger partial charge in [-0.15, -0.1) is 0 Å². The monoisotopic (exact) mass is 1020 g/mol. The minimum Gasteiger partial charge on any atom is -0.449 e. The van der Waals surface area contributed by atoms with Crippen LogP contribution in [0.1, 0.15) is 88.5 Å². The number of rotatable bonds is 25. The first-order valence-corrected chi connectivity index (χ1v) is 19.2. The first kappa shape index (κ1) is 63.0. The molecule has 0 radical (unpaired) electrons. The highest BCUT2D eigenvalue weighted by Gasteiger charge is 2.84. The number of ether oxygens (including phenoxy) is 6. The van der Waals surface area contributed by atoms with Crippen LogP contribution in [0.3, 0.4) is 0 Å². The number of hydrogen-bond acceptors (Lipinski definition) is 8. The van der Waals surface area contributed by atoms with Gasteiger partial charge in [0.1, 0.15) is 24.7 Å². The lowest BCUT2D eigenvalue weighted by Crippen LogP contribution is -2.72. The third-order valence-corrected chi connectivity index (χ3v) is 9.65. The highest BCUT2D eigenvalue weighted by Crippen LogP contribution is 2.58. The molecule has 0 heterocycles. The highest BCUT2D eigenvalue weighted by atomic mass is 19.4. The fraction of sp³-hybridized carbons (Fsp3) is 0.944. The second-order valence-corrected chi connectivity index (χ2v) is 17.3. The molecule has 0 bridgehead atoms. The molecular weight excluding hydrogens is 968 g/mol. The fourth-order valence-electron chi connectivity index (χ4n) is 5.44. The Morgan fingerprint density at radius 3 is 1.42 bits per heavy atom.